The van der Waals surface area contributed by atoms with Crippen molar-refractivity contribution in [2.45, 2.75) is 7.43 Å². The normalized spacial score (nSPS) is 9.59. The molecule has 2 heterocycles. The van der Waals surface area contributed by atoms with Gasteiger partial charge in [0.1, 0.15) is 5.82 Å². The summed E-state index contributed by atoms with van der Waals surface area (Å²) >= 11 is 6.70. The van der Waals surface area contributed by atoms with E-state index in [1.54, 1.807) is 6.20 Å². The van der Waals surface area contributed by atoms with Crippen LogP contribution in [0.15, 0.2) is 69.9 Å². The van der Waals surface area contributed by atoms with Crippen LogP contribution in [0, 0.1) is 5.82 Å². The van der Waals surface area contributed by atoms with Crippen molar-refractivity contribution >= 4 is 66.9 Å². The lowest BCUT2D eigenvalue weighted by atomic mass is 10.2. The van der Waals surface area contributed by atoms with Gasteiger partial charge in [0, 0.05) is 19.7 Å². The Morgan fingerprint density at radius 1 is 0.759 bits per heavy atom. The first-order valence-corrected chi connectivity index (χ1v) is 9.27. The van der Waals surface area contributed by atoms with Crippen LogP contribution in [0.5, 0.6) is 0 Å². The van der Waals surface area contributed by atoms with Gasteiger partial charge in [-0.15, -0.1) is 0 Å². The van der Waals surface area contributed by atoms with Gasteiger partial charge in [0.25, 0.3) is 0 Å². The minimum absolute atomic E-state index is 0. The smallest absolute Gasteiger partial charge is 0.397 e. The summed E-state index contributed by atoms with van der Waals surface area (Å²) in [7, 11) is -3.67. The number of fused-ring (bicyclic) bond motifs is 2. The number of pyridine rings is 2. The molecule has 2 N–H and O–H groups in total. The molecule has 0 amide bonds. The lowest BCUT2D eigenvalue weighted by Crippen LogP contribution is -1.86. The van der Waals surface area contributed by atoms with E-state index in [1.165, 1.54) is 12.3 Å². The molecule has 0 fully saturated rings. The Morgan fingerprint density at radius 2 is 1.21 bits per heavy atom. The van der Waals surface area contributed by atoms with Crippen molar-refractivity contribution in [2.75, 3.05) is 5.73 Å². The Balaban J connectivity index is 0.000000239. The third-order valence-corrected chi connectivity index (χ3v) is 4.27. The van der Waals surface area contributed by atoms with Crippen molar-refractivity contribution in [3.63, 3.8) is 0 Å². The largest absolute Gasteiger partial charge is 0.762 e. The molecule has 152 valence electrons. The average molecular weight is 533 g/mol. The average Bonchev–Trinajstić information content (AvgIpc) is 2.62. The number of hydrogen-bond donors (Lipinski definition) is 1. The summed E-state index contributed by atoms with van der Waals surface area (Å²) < 4.78 is 43.7. The van der Waals surface area contributed by atoms with E-state index in [0.29, 0.717) is 5.69 Å². The van der Waals surface area contributed by atoms with Crippen molar-refractivity contribution in [2.24, 2.45) is 0 Å². The summed E-state index contributed by atoms with van der Waals surface area (Å²) in [5.41, 5.74) is 8.04. The molecule has 0 aliphatic heterocycles. The first-order chi connectivity index (χ1) is 13.2. The second-order valence-electron chi connectivity index (χ2n) is 5.34. The Hall–Kier alpha value is -2.20. The van der Waals surface area contributed by atoms with Crippen LogP contribution in [0.25, 0.3) is 21.8 Å². The van der Waals surface area contributed by atoms with Crippen molar-refractivity contribution in [1.82, 2.24) is 9.97 Å². The zero-order valence-electron chi connectivity index (χ0n) is 14.1. The fourth-order valence-electron chi connectivity index (χ4n) is 2.18. The monoisotopic (exact) mass is 531 g/mol. The number of nitrogen functional groups attached to an aromatic ring is 1. The molecular weight excluding hydrogens is 517 g/mol. The second kappa shape index (κ2) is 11.7. The van der Waals surface area contributed by atoms with E-state index >= 15 is 0 Å². The molecule has 0 atom stereocenters. The number of anilines is 1. The molecule has 0 unspecified atom stereocenters. The van der Waals surface area contributed by atoms with E-state index in [1.807, 2.05) is 42.5 Å². The summed E-state index contributed by atoms with van der Waals surface area (Å²) in [6, 6.07) is 14.9. The third-order valence-electron chi connectivity index (χ3n) is 3.28. The lowest BCUT2D eigenvalue weighted by molar-refractivity contribution is 0.535. The minimum atomic E-state index is -3.67. The highest BCUT2D eigenvalue weighted by Crippen LogP contribution is 2.19. The molecule has 10 heteroatoms. The summed E-state index contributed by atoms with van der Waals surface area (Å²) in [5.74, 6) is -0.301. The molecule has 0 radical (unpaired) electrons. The highest BCUT2D eigenvalue weighted by molar-refractivity contribution is 9.10. The topological polar surface area (TPSA) is 51.8 Å². The Morgan fingerprint density at radius 3 is 1.72 bits per heavy atom. The van der Waals surface area contributed by atoms with Gasteiger partial charge >= 0.3 is 7.54 Å². The maximum Gasteiger partial charge on any atom is 0.762 e. The van der Waals surface area contributed by atoms with E-state index in [4.69, 9.17) is 5.73 Å². The number of benzene rings is 2. The van der Waals surface area contributed by atoms with Gasteiger partial charge in [0.15, 0.2) is 0 Å². The van der Waals surface area contributed by atoms with E-state index in [9.17, 15) is 17.3 Å². The highest BCUT2D eigenvalue weighted by atomic mass is 79.9. The van der Waals surface area contributed by atoms with Crippen LogP contribution < -0.4 is 5.73 Å². The Kier molecular flexibility index (Phi) is 10.0. The maximum absolute atomic E-state index is 12.7. The second-order valence-corrected chi connectivity index (χ2v) is 7.18. The van der Waals surface area contributed by atoms with Gasteiger partial charge in [-0.3, -0.25) is 22.9 Å². The van der Waals surface area contributed by atoms with Gasteiger partial charge in [0.2, 0.25) is 0 Å². The first-order valence-electron chi connectivity index (χ1n) is 7.68. The fraction of sp³-hybridized carbons (Fsp3) is 0.0526. The summed E-state index contributed by atoms with van der Waals surface area (Å²) in [6.45, 7) is 0. The first kappa shape index (κ1) is 24.8. The zero-order chi connectivity index (χ0) is 20.7. The van der Waals surface area contributed by atoms with Crippen molar-refractivity contribution < 1.29 is 17.3 Å². The Labute approximate surface area is 182 Å². The molecule has 0 saturated heterocycles. The highest BCUT2D eigenvalue weighted by Gasteiger charge is 2.06. The van der Waals surface area contributed by atoms with Gasteiger partial charge in [-0.25, -0.2) is 4.39 Å². The number of aromatic nitrogens is 2. The summed E-state index contributed by atoms with van der Waals surface area (Å²) in [4.78, 5) is 8.12. The molecule has 4 rings (SSSR count). The van der Waals surface area contributed by atoms with Crippen LogP contribution in [0.4, 0.5) is 23.0 Å². The van der Waals surface area contributed by atoms with Gasteiger partial charge in [-0.1, -0.05) is 51.4 Å². The predicted octanol–water partition coefficient (Wildman–Crippen LogP) is 7.23. The number of rotatable bonds is 0. The summed E-state index contributed by atoms with van der Waals surface area (Å²) in [6.07, 6.45) is 2.88. The van der Waals surface area contributed by atoms with Gasteiger partial charge < -0.3 is 5.73 Å². The third kappa shape index (κ3) is 8.37. The number of nitrogens with zero attached hydrogens (tertiary/aromatic N) is 2. The molecule has 0 aliphatic carbocycles. The number of halogens is 6. The molecule has 3 nitrogen and oxygen atoms in total. The van der Waals surface area contributed by atoms with Gasteiger partial charge in [-0.05, 0) is 36.4 Å². The van der Waals surface area contributed by atoms with E-state index in [2.05, 4.69) is 41.8 Å². The van der Waals surface area contributed by atoms with Crippen LogP contribution in [-0.2, 0) is 0 Å². The molecule has 0 bridgehead atoms. The fourth-order valence-corrected chi connectivity index (χ4v) is 2.88. The quantitative estimate of drug-likeness (QED) is 0.192. The number of nitrogens with two attached hydrogens (primary N) is 1. The molecule has 29 heavy (non-hydrogen) atoms. The standard InChI is InChI=1S/C9H5BrFN.C9H7BrN2.CH4.BF3/c2*10-7-2-1-6-3-8(11)5-12-9(6)4-7;;2-1(3)4/h1-5H;1-5H,11H2;1H4;. The van der Waals surface area contributed by atoms with Crippen molar-refractivity contribution in [3.05, 3.63) is 75.7 Å². The molecule has 2 aromatic heterocycles. The van der Waals surface area contributed by atoms with Crippen LogP contribution >= 0.6 is 31.9 Å². The molecule has 0 aliphatic rings. The molecule has 0 spiro atoms. The van der Waals surface area contributed by atoms with E-state index < -0.39 is 7.54 Å². The summed E-state index contributed by atoms with van der Waals surface area (Å²) in [5, 5.41) is 1.89. The van der Waals surface area contributed by atoms with Gasteiger partial charge in [0.05, 0.1) is 29.1 Å². The zero-order valence-corrected chi connectivity index (χ0v) is 17.3. The molecular formula is C19H16BBr2F4N3. The SMILES string of the molecule is C.FB(F)F.Fc1cnc2cc(Br)ccc2c1.Nc1cnc2cc(Br)ccc2c1. The van der Waals surface area contributed by atoms with Crippen LogP contribution in [0.1, 0.15) is 7.43 Å². The van der Waals surface area contributed by atoms with Crippen LogP contribution in [-0.4, -0.2) is 17.5 Å². The molecule has 2 aromatic carbocycles. The molecule has 4 aromatic rings. The minimum Gasteiger partial charge on any atom is -0.397 e. The van der Waals surface area contributed by atoms with Crippen LogP contribution in [0.3, 0.4) is 0 Å². The van der Waals surface area contributed by atoms with Crippen molar-refractivity contribution in [3.8, 4) is 0 Å². The maximum atomic E-state index is 12.7. The lowest BCUT2D eigenvalue weighted by Gasteiger charge is -1.98. The van der Waals surface area contributed by atoms with Crippen molar-refractivity contribution in [1.29, 1.82) is 0 Å². The number of hydrogen-bond acceptors (Lipinski definition) is 3. The van der Waals surface area contributed by atoms with Crippen LogP contribution in [0.2, 0.25) is 0 Å². The van der Waals surface area contributed by atoms with Gasteiger partial charge in [-0.2, -0.15) is 0 Å². The van der Waals surface area contributed by atoms with E-state index in [-0.39, 0.29) is 13.2 Å². The molecule has 0 saturated carbocycles. The van der Waals surface area contributed by atoms with E-state index in [0.717, 1.165) is 30.8 Å². The predicted molar refractivity (Wildman–Crippen MR) is 119 cm³/mol. The Bertz CT molecular complexity index is 915.